The number of H-pyrrole nitrogens is 1. The predicted molar refractivity (Wildman–Crippen MR) is 67.5 cm³/mol. The zero-order valence-electron chi connectivity index (χ0n) is 7.75. The van der Waals surface area contributed by atoms with E-state index in [1.165, 1.54) is 16.2 Å². The molecule has 0 aromatic carbocycles. The van der Waals surface area contributed by atoms with Crippen molar-refractivity contribution < 1.29 is 0 Å². The van der Waals surface area contributed by atoms with Crippen molar-refractivity contribution in [2.24, 2.45) is 0 Å². The van der Waals surface area contributed by atoms with E-state index in [1.54, 1.807) is 11.3 Å². The van der Waals surface area contributed by atoms with Crippen molar-refractivity contribution in [2.75, 3.05) is 0 Å². The van der Waals surface area contributed by atoms with Gasteiger partial charge in [0.05, 0.1) is 0 Å². The van der Waals surface area contributed by atoms with E-state index in [1.807, 2.05) is 5.38 Å². The first kappa shape index (κ1) is 11.1. The molecule has 6 heteroatoms. The summed E-state index contributed by atoms with van der Waals surface area (Å²) < 4.78 is 1.12. The van der Waals surface area contributed by atoms with Crippen molar-refractivity contribution in [3.05, 3.63) is 41.5 Å². The van der Waals surface area contributed by atoms with Crippen LogP contribution in [0.1, 0.15) is 10.6 Å². The van der Waals surface area contributed by atoms with E-state index in [9.17, 15) is 4.79 Å². The van der Waals surface area contributed by atoms with Gasteiger partial charge < -0.3 is 10.3 Å². The number of halogens is 1. The van der Waals surface area contributed by atoms with E-state index in [-0.39, 0.29) is 4.87 Å². The van der Waals surface area contributed by atoms with Crippen molar-refractivity contribution in [1.82, 2.24) is 10.3 Å². The summed E-state index contributed by atoms with van der Waals surface area (Å²) in [4.78, 5) is 14.9. The van der Waals surface area contributed by atoms with Crippen molar-refractivity contribution in [3.63, 3.8) is 0 Å². The fourth-order valence-corrected chi connectivity index (χ4v) is 3.17. The normalized spacial score (nSPS) is 10.7. The van der Waals surface area contributed by atoms with Crippen LogP contribution in [0.3, 0.4) is 0 Å². The molecule has 0 aliphatic rings. The Morgan fingerprint density at radius 2 is 2.20 bits per heavy atom. The minimum atomic E-state index is 0.00525. The molecule has 2 rings (SSSR count). The molecule has 0 unspecified atom stereocenters. The molecule has 2 heterocycles. The maximum absolute atomic E-state index is 10.9. The molecular weight excluding hydrogens is 296 g/mol. The standard InChI is InChI=1S/C9H9BrN2OS2/c10-6-1-8(14-4-6)3-11-2-7-5-15-9(13)12-7/h1,4-5,11H,2-3H2,(H,12,13). The zero-order chi connectivity index (χ0) is 10.7. The summed E-state index contributed by atoms with van der Waals surface area (Å²) in [6.45, 7) is 1.53. The van der Waals surface area contributed by atoms with Crippen molar-refractivity contribution in [3.8, 4) is 0 Å². The van der Waals surface area contributed by atoms with Crippen LogP contribution in [0, 0.1) is 0 Å². The zero-order valence-corrected chi connectivity index (χ0v) is 11.0. The van der Waals surface area contributed by atoms with Gasteiger partial charge in [0.1, 0.15) is 0 Å². The molecule has 2 aromatic rings. The Kier molecular flexibility index (Phi) is 3.74. The SMILES string of the molecule is O=c1[nH]c(CNCc2cc(Br)cs2)cs1. The highest BCUT2D eigenvalue weighted by Gasteiger charge is 1.98. The van der Waals surface area contributed by atoms with Crippen molar-refractivity contribution in [2.45, 2.75) is 13.1 Å². The molecule has 0 aliphatic heterocycles. The number of aromatic nitrogens is 1. The van der Waals surface area contributed by atoms with Gasteiger partial charge in [-0.1, -0.05) is 11.3 Å². The fraction of sp³-hybridized carbons (Fsp3) is 0.222. The van der Waals surface area contributed by atoms with Gasteiger partial charge in [0.15, 0.2) is 0 Å². The molecule has 0 amide bonds. The Hall–Kier alpha value is -0.430. The second kappa shape index (κ2) is 5.07. The highest BCUT2D eigenvalue weighted by molar-refractivity contribution is 9.10. The first-order chi connectivity index (χ1) is 7.24. The smallest absolute Gasteiger partial charge is 0.304 e. The molecule has 2 N–H and O–H groups in total. The average Bonchev–Trinajstić information content (AvgIpc) is 2.76. The van der Waals surface area contributed by atoms with E-state index in [2.05, 4.69) is 37.7 Å². The highest BCUT2D eigenvalue weighted by Crippen LogP contribution is 2.19. The lowest BCUT2D eigenvalue weighted by molar-refractivity contribution is 0.688. The predicted octanol–water partition coefficient (Wildman–Crippen LogP) is 2.55. The third-order valence-electron chi connectivity index (χ3n) is 1.81. The summed E-state index contributed by atoms with van der Waals surface area (Å²) in [6.07, 6.45) is 0. The maximum atomic E-state index is 10.9. The number of thiazole rings is 1. The second-order valence-corrected chi connectivity index (χ2v) is 5.76. The Morgan fingerprint density at radius 3 is 2.80 bits per heavy atom. The number of hydrogen-bond donors (Lipinski definition) is 2. The van der Waals surface area contributed by atoms with Crippen LogP contribution in [-0.2, 0) is 13.1 Å². The molecule has 0 spiro atoms. The Labute approximate surface area is 103 Å². The van der Waals surface area contributed by atoms with Crippen LogP contribution in [0.15, 0.2) is 26.1 Å². The van der Waals surface area contributed by atoms with Gasteiger partial charge in [-0.15, -0.1) is 11.3 Å². The van der Waals surface area contributed by atoms with Crippen LogP contribution >= 0.6 is 38.6 Å². The van der Waals surface area contributed by atoms with Gasteiger partial charge >= 0.3 is 4.87 Å². The lowest BCUT2D eigenvalue weighted by atomic mass is 10.4. The largest absolute Gasteiger partial charge is 0.315 e. The van der Waals surface area contributed by atoms with Gasteiger partial charge in [-0.2, -0.15) is 0 Å². The van der Waals surface area contributed by atoms with Gasteiger partial charge in [-0.25, -0.2) is 0 Å². The van der Waals surface area contributed by atoms with E-state index in [4.69, 9.17) is 0 Å². The molecule has 0 aliphatic carbocycles. The topological polar surface area (TPSA) is 44.9 Å². The average molecular weight is 305 g/mol. The second-order valence-electron chi connectivity index (χ2n) is 3.01. The molecule has 0 radical (unpaired) electrons. The third kappa shape index (κ3) is 3.27. The van der Waals surface area contributed by atoms with Crippen LogP contribution in [0.25, 0.3) is 0 Å². The van der Waals surface area contributed by atoms with E-state index < -0.39 is 0 Å². The molecule has 15 heavy (non-hydrogen) atoms. The molecule has 3 nitrogen and oxygen atoms in total. The third-order valence-corrected chi connectivity index (χ3v) is 4.22. The monoisotopic (exact) mass is 304 g/mol. The molecule has 80 valence electrons. The summed E-state index contributed by atoms with van der Waals surface area (Å²) in [5.41, 5.74) is 0.945. The van der Waals surface area contributed by atoms with Crippen LogP contribution in [-0.4, -0.2) is 4.98 Å². The molecular formula is C9H9BrN2OS2. The van der Waals surface area contributed by atoms with Gasteiger partial charge in [-0.3, -0.25) is 4.79 Å². The van der Waals surface area contributed by atoms with Crippen LogP contribution in [0.4, 0.5) is 0 Å². The van der Waals surface area contributed by atoms with Crippen LogP contribution < -0.4 is 10.2 Å². The van der Waals surface area contributed by atoms with Gasteiger partial charge in [0.2, 0.25) is 0 Å². The Morgan fingerprint density at radius 1 is 1.33 bits per heavy atom. The molecule has 0 saturated heterocycles. The van der Waals surface area contributed by atoms with E-state index in [0.717, 1.165) is 16.7 Å². The molecule has 0 saturated carbocycles. The molecule has 0 bridgehead atoms. The lowest BCUT2D eigenvalue weighted by Crippen LogP contribution is -2.12. The summed E-state index contributed by atoms with van der Waals surface area (Å²) >= 11 is 6.32. The van der Waals surface area contributed by atoms with Crippen LogP contribution in [0.5, 0.6) is 0 Å². The molecule has 2 aromatic heterocycles. The van der Waals surface area contributed by atoms with E-state index in [0.29, 0.717) is 6.54 Å². The Bertz CT molecular complexity index is 488. The number of hydrogen-bond acceptors (Lipinski definition) is 4. The minimum Gasteiger partial charge on any atom is -0.315 e. The minimum absolute atomic E-state index is 0.00525. The molecule has 0 fully saturated rings. The number of aromatic amines is 1. The van der Waals surface area contributed by atoms with E-state index >= 15 is 0 Å². The summed E-state index contributed by atoms with van der Waals surface area (Å²) in [5.74, 6) is 0. The van der Waals surface area contributed by atoms with Gasteiger partial charge in [0, 0.05) is 38.9 Å². The Balaban J connectivity index is 1.82. The number of rotatable bonds is 4. The van der Waals surface area contributed by atoms with Crippen molar-refractivity contribution >= 4 is 38.6 Å². The fourth-order valence-electron chi connectivity index (χ4n) is 1.17. The quantitative estimate of drug-likeness (QED) is 0.912. The van der Waals surface area contributed by atoms with Crippen LogP contribution in [0.2, 0.25) is 0 Å². The first-order valence-corrected chi connectivity index (χ1v) is 6.89. The first-order valence-electron chi connectivity index (χ1n) is 4.34. The van der Waals surface area contributed by atoms with Gasteiger partial charge in [-0.05, 0) is 22.0 Å². The molecule has 0 atom stereocenters. The number of nitrogens with one attached hydrogen (secondary N) is 2. The number of thiophene rings is 1. The van der Waals surface area contributed by atoms with Crippen molar-refractivity contribution in [1.29, 1.82) is 0 Å². The summed E-state index contributed by atoms with van der Waals surface area (Å²) in [6, 6.07) is 2.09. The summed E-state index contributed by atoms with van der Waals surface area (Å²) in [5, 5.41) is 7.18. The maximum Gasteiger partial charge on any atom is 0.304 e. The highest BCUT2D eigenvalue weighted by atomic mass is 79.9. The lowest BCUT2D eigenvalue weighted by Gasteiger charge is -1.99. The summed E-state index contributed by atoms with van der Waals surface area (Å²) in [7, 11) is 0. The van der Waals surface area contributed by atoms with Gasteiger partial charge in [0.25, 0.3) is 0 Å².